The number of fused-ring (bicyclic) bond motifs is 7. The van der Waals surface area contributed by atoms with E-state index in [4.69, 9.17) is 9.47 Å². The van der Waals surface area contributed by atoms with Crippen molar-refractivity contribution in [3.05, 3.63) is 23.8 Å². The van der Waals surface area contributed by atoms with Crippen LogP contribution in [-0.2, 0) is 23.9 Å². The highest BCUT2D eigenvalue weighted by molar-refractivity contribution is 6.01. The van der Waals surface area contributed by atoms with Crippen LogP contribution in [0.25, 0.3) is 0 Å². The van der Waals surface area contributed by atoms with E-state index in [1.165, 1.54) is 6.42 Å². The van der Waals surface area contributed by atoms with Crippen LogP contribution >= 0.6 is 0 Å². The van der Waals surface area contributed by atoms with Crippen molar-refractivity contribution < 1.29 is 29.0 Å². The van der Waals surface area contributed by atoms with E-state index >= 15 is 0 Å². The van der Waals surface area contributed by atoms with Gasteiger partial charge in [-0.25, -0.2) is 0 Å². The summed E-state index contributed by atoms with van der Waals surface area (Å²) in [6.07, 6.45) is 12.4. The second-order valence-electron chi connectivity index (χ2n) is 14.0. The van der Waals surface area contributed by atoms with E-state index in [9.17, 15) is 19.5 Å². The SMILES string of the molecule is CC(C)C(=O)NCC(=O)[C@@]12O[C@H](C3CCCCC3)O[C@@H]1C[C@H]1[C@@H]3CCC4=CC(=O)C=C[C@]4(C)[C@H]3[C@@H](O)C[C@@]12C. The summed E-state index contributed by atoms with van der Waals surface area (Å²) in [7, 11) is 0. The van der Waals surface area contributed by atoms with E-state index in [0.29, 0.717) is 6.42 Å². The largest absolute Gasteiger partial charge is 0.393 e. The molecule has 5 fully saturated rings. The highest BCUT2D eigenvalue weighted by atomic mass is 16.7. The van der Waals surface area contributed by atoms with Crippen LogP contribution in [0.2, 0.25) is 0 Å². The Balaban J connectivity index is 1.35. The molecule has 1 heterocycles. The number of carbonyl (C=O) groups is 3. The number of ketones is 2. The maximum atomic E-state index is 14.3. The predicted octanol–water partition coefficient (Wildman–Crippen LogP) is 4.28. The molecule has 1 aliphatic heterocycles. The predicted molar refractivity (Wildman–Crippen MR) is 145 cm³/mol. The van der Waals surface area contributed by atoms with E-state index in [1.807, 2.05) is 19.9 Å². The smallest absolute Gasteiger partial charge is 0.222 e. The lowest BCUT2D eigenvalue weighted by molar-refractivity contribution is -0.208. The first-order valence-electron chi connectivity index (χ1n) is 15.3. The van der Waals surface area contributed by atoms with Crippen molar-refractivity contribution in [1.29, 1.82) is 0 Å². The van der Waals surface area contributed by atoms with Gasteiger partial charge in [0.05, 0.1) is 18.8 Å². The highest BCUT2D eigenvalue weighted by Crippen LogP contribution is 2.70. The van der Waals surface area contributed by atoms with Gasteiger partial charge in [-0.1, -0.05) is 58.6 Å². The molecule has 9 atom stereocenters. The van der Waals surface area contributed by atoms with Crippen LogP contribution in [0.1, 0.15) is 85.5 Å². The fourth-order valence-electron chi connectivity index (χ4n) is 9.71. The molecule has 0 aromatic carbocycles. The van der Waals surface area contributed by atoms with Gasteiger partial charge in [0.1, 0.15) is 0 Å². The van der Waals surface area contributed by atoms with Crippen LogP contribution in [0.3, 0.4) is 0 Å². The molecule has 1 amide bonds. The molecule has 4 saturated carbocycles. The van der Waals surface area contributed by atoms with Crippen molar-refractivity contribution in [1.82, 2.24) is 5.32 Å². The van der Waals surface area contributed by atoms with Crippen LogP contribution in [0.4, 0.5) is 0 Å². The molecule has 0 bridgehead atoms. The lowest BCUT2D eigenvalue weighted by Gasteiger charge is -2.59. The Morgan fingerprint density at radius 1 is 1.15 bits per heavy atom. The Kier molecular flexibility index (Phi) is 6.75. The molecular weight excluding hydrogens is 494 g/mol. The molecule has 0 aromatic rings. The topological polar surface area (TPSA) is 102 Å². The fourth-order valence-corrected chi connectivity index (χ4v) is 9.71. The molecule has 2 N–H and O–H groups in total. The van der Waals surface area contributed by atoms with Gasteiger partial charge in [-0.05, 0) is 62.5 Å². The maximum Gasteiger partial charge on any atom is 0.222 e. The summed E-state index contributed by atoms with van der Waals surface area (Å²) in [6.45, 7) is 7.85. The zero-order chi connectivity index (χ0) is 27.7. The fraction of sp³-hybridized carbons (Fsp3) is 0.781. The van der Waals surface area contributed by atoms with Crippen molar-refractivity contribution in [2.45, 2.75) is 110 Å². The van der Waals surface area contributed by atoms with Crippen LogP contribution < -0.4 is 5.32 Å². The minimum Gasteiger partial charge on any atom is -0.393 e. The monoisotopic (exact) mass is 539 g/mol. The third-order valence-electron chi connectivity index (χ3n) is 11.7. The number of rotatable bonds is 5. The third-order valence-corrected chi connectivity index (χ3v) is 11.7. The van der Waals surface area contributed by atoms with Crippen molar-refractivity contribution in [3.8, 4) is 0 Å². The highest BCUT2D eigenvalue weighted by Gasteiger charge is 2.76. The quantitative estimate of drug-likeness (QED) is 0.541. The Morgan fingerprint density at radius 3 is 2.62 bits per heavy atom. The van der Waals surface area contributed by atoms with E-state index in [1.54, 1.807) is 12.2 Å². The Hall–Kier alpha value is -1.83. The summed E-state index contributed by atoms with van der Waals surface area (Å²) in [5, 5.41) is 14.7. The number of hydrogen-bond donors (Lipinski definition) is 2. The van der Waals surface area contributed by atoms with Gasteiger partial charge in [0.2, 0.25) is 5.91 Å². The first-order chi connectivity index (χ1) is 18.5. The molecule has 7 heteroatoms. The Labute approximate surface area is 232 Å². The number of aliphatic hydroxyl groups is 1. The molecule has 0 radical (unpaired) electrons. The van der Waals surface area contributed by atoms with Crippen LogP contribution in [0.15, 0.2) is 23.8 Å². The van der Waals surface area contributed by atoms with Crippen molar-refractivity contribution in [2.75, 3.05) is 6.54 Å². The summed E-state index contributed by atoms with van der Waals surface area (Å²) in [6, 6.07) is 0. The Bertz CT molecular complexity index is 1110. The minimum atomic E-state index is -1.19. The van der Waals surface area contributed by atoms with E-state index in [-0.39, 0.29) is 65.1 Å². The first kappa shape index (κ1) is 27.3. The Morgan fingerprint density at radius 2 is 1.90 bits per heavy atom. The van der Waals surface area contributed by atoms with Gasteiger partial charge in [0.25, 0.3) is 0 Å². The zero-order valence-electron chi connectivity index (χ0n) is 23.9. The average Bonchev–Trinajstić information content (AvgIpc) is 3.41. The third kappa shape index (κ3) is 3.97. The van der Waals surface area contributed by atoms with Crippen molar-refractivity contribution >= 4 is 17.5 Å². The summed E-state index contributed by atoms with van der Waals surface area (Å²) in [5.74, 6) is 0.0926. The number of amides is 1. The van der Waals surface area contributed by atoms with Gasteiger partial charge in [-0.15, -0.1) is 0 Å². The summed E-state index contributed by atoms with van der Waals surface area (Å²) < 4.78 is 13.6. The molecule has 1 saturated heterocycles. The van der Waals surface area contributed by atoms with Crippen LogP contribution in [0.5, 0.6) is 0 Å². The van der Waals surface area contributed by atoms with Gasteiger partial charge in [0.15, 0.2) is 23.5 Å². The molecule has 0 unspecified atom stereocenters. The molecule has 5 aliphatic carbocycles. The molecule has 0 spiro atoms. The first-order valence-corrected chi connectivity index (χ1v) is 15.3. The molecule has 214 valence electrons. The second kappa shape index (κ2) is 9.63. The van der Waals surface area contributed by atoms with Gasteiger partial charge in [0, 0.05) is 28.6 Å². The van der Waals surface area contributed by atoms with Crippen molar-refractivity contribution in [3.63, 3.8) is 0 Å². The number of aliphatic hydroxyl groups excluding tert-OH is 1. The van der Waals surface area contributed by atoms with Gasteiger partial charge < -0.3 is 19.9 Å². The van der Waals surface area contributed by atoms with Crippen LogP contribution in [-0.4, -0.2) is 53.2 Å². The number of nitrogens with one attached hydrogen (secondary N) is 1. The zero-order valence-corrected chi connectivity index (χ0v) is 23.9. The molecule has 6 rings (SSSR count). The number of hydrogen-bond acceptors (Lipinski definition) is 6. The second-order valence-corrected chi connectivity index (χ2v) is 14.0. The van der Waals surface area contributed by atoms with E-state index in [2.05, 4.69) is 19.2 Å². The molecule has 39 heavy (non-hydrogen) atoms. The summed E-state index contributed by atoms with van der Waals surface area (Å²) in [4.78, 5) is 38.9. The molecule has 7 nitrogen and oxygen atoms in total. The number of ether oxygens (including phenoxy) is 2. The normalized spacial score (nSPS) is 45.3. The van der Waals surface area contributed by atoms with Crippen LogP contribution in [0, 0.1) is 40.4 Å². The minimum absolute atomic E-state index is 0.0232. The van der Waals surface area contributed by atoms with E-state index in [0.717, 1.165) is 50.5 Å². The van der Waals surface area contributed by atoms with Gasteiger partial charge >= 0.3 is 0 Å². The lowest BCUT2D eigenvalue weighted by atomic mass is 9.46. The molecule has 6 aliphatic rings. The average molecular weight is 540 g/mol. The number of allylic oxidation sites excluding steroid dienone is 4. The lowest BCUT2D eigenvalue weighted by Crippen LogP contribution is -2.64. The standard InChI is InChI=1S/C32H45NO6/c1-18(2)28(37)33-17-25(36)32-26(38-29(39-32)19-8-6-5-7-9-19)15-23-22-11-10-20-14-21(34)12-13-30(20,3)27(22)24(35)16-31(23,32)4/h12-14,18-19,22-24,26-27,29,35H,5-11,15-17H2,1-4H3,(H,33,37)/t22-,23-,24-,26+,27+,29+,30-,31-,32+/m0/s1. The summed E-state index contributed by atoms with van der Waals surface area (Å²) in [5.41, 5.74) is -1.06. The number of Topliss-reactive ketones (excluding diaryl/α,β-unsaturated/α-hetero) is 1. The van der Waals surface area contributed by atoms with Crippen molar-refractivity contribution in [2.24, 2.45) is 40.4 Å². The van der Waals surface area contributed by atoms with Gasteiger partial charge in [-0.2, -0.15) is 0 Å². The molecule has 0 aromatic heterocycles. The maximum absolute atomic E-state index is 14.3. The van der Waals surface area contributed by atoms with Gasteiger partial charge in [-0.3, -0.25) is 14.4 Å². The molecular formula is C32H45NO6. The number of carbonyl (C=O) groups excluding carboxylic acids is 3. The summed E-state index contributed by atoms with van der Waals surface area (Å²) >= 11 is 0. The van der Waals surface area contributed by atoms with E-state index < -0.39 is 23.4 Å².